The van der Waals surface area contributed by atoms with E-state index in [1.54, 1.807) is 6.07 Å². The Morgan fingerprint density at radius 1 is 1.04 bits per heavy atom. The van der Waals surface area contributed by atoms with E-state index >= 15 is 0 Å². The van der Waals surface area contributed by atoms with E-state index in [1.165, 1.54) is 28.9 Å². The molecule has 1 aromatic heterocycles. The van der Waals surface area contributed by atoms with E-state index < -0.39 is 0 Å². The molecule has 1 saturated heterocycles. The quantitative estimate of drug-likeness (QED) is 0.856. The predicted octanol–water partition coefficient (Wildman–Crippen LogP) is 1.86. The van der Waals surface area contributed by atoms with Crippen molar-refractivity contribution in [3.63, 3.8) is 0 Å². The largest absolute Gasteiger partial charge is 0.423 e. The lowest BCUT2D eigenvalue weighted by Crippen LogP contribution is -3.14. The van der Waals surface area contributed by atoms with E-state index in [9.17, 15) is 4.79 Å². The summed E-state index contributed by atoms with van der Waals surface area (Å²) in [5, 5.41) is 1.12. The Morgan fingerprint density at radius 3 is 2.42 bits per heavy atom. The summed E-state index contributed by atoms with van der Waals surface area (Å²) in [6.07, 6.45) is 5.27. The Balaban J connectivity index is 1.72. The number of ether oxygens (including phenoxy) is 1. The van der Waals surface area contributed by atoms with Crippen molar-refractivity contribution in [3.05, 3.63) is 45.3 Å². The van der Waals surface area contributed by atoms with E-state index in [0.29, 0.717) is 0 Å². The fourth-order valence-electron chi connectivity index (χ4n) is 4.41. The maximum Gasteiger partial charge on any atom is 0.336 e. The standard InChI is InChI=1S/C20H25NO3/c1-13-10-21(11-14(2)23-13)12-17-9-20(22)24-19-8-16-6-4-3-5-15(16)7-18(17)19/h7-9,13-14H,3-6,10-12H2,1-2H3/p+1/t13-,14-/m1/s1. The molecule has 1 N–H and O–H groups in total. The molecule has 4 heteroatoms. The van der Waals surface area contributed by atoms with Gasteiger partial charge in [-0.1, -0.05) is 0 Å². The third-order valence-corrected chi connectivity index (χ3v) is 5.35. The second-order valence-corrected chi connectivity index (χ2v) is 7.51. The van der Waals surface area contributed by atoms with Crippen LogP contribution in [-0.4, -0.2) is 25.3 Å². The number of morpholine rings is 1. The summed E-state index contributed by atoms with van der Waals surface area (Å²) in [5.41, 5.74) is 4.43. The summed E-state index contributed by atoms with van der Waals surface area (Å²) in [7, 11) is 0. The number of nitrogens with one attached hydrogen (secondary N) is 1. The van der Waals surface area contributed by atoms with Gasteiger partial charge in [0.05, 0.1) is 0 Å². The minimum atomic E-state index is -0.234. The van der Waals surface area contributed by atoms with Gasteiger partial charge in [0.2, 0.25) is 0 Å². The molecule has 1 aromatic carbocycles. The average Bonchev–Trinajstić information content (AvgIpc) is 2.52. The summed E-state index contributed by atoms with van der Waals surface area (Å²) >= 11 is 0. The van der Waals surface area contributed by atoms with E-state index in [-0.39, 0.29) is 17.8 Å². The van der Waals surface area contributed by atoms with Crippen molar-refractivity contribution in [2.75, 3.05) is 13.1 Å². The van der Waals surface area contributed by atoms with Gasteiger partial charge in [0.15, 0.2) is 0 Å². The van der Waals surface area contributed by atoms with E-state index in [0.717, 1.165) is 49.0 Å². The number of rotatable bonds is 2. The fraction of sp³-hybridized carbons (Fsp3) is 0.550. The van der Waals surface area contributed by atoms with E-state index in [4.69, 9.17) is 9.15 Å². The van der Waals surface area contributed by atoms with Crippen LogP contribution >= 0.6 is 0 Å². The second kappa shape index (κ2) is 6.34. The monoisotopic (exact) mass is 328 g/mol. The SMILES string of the molecule is C[C@@H]1C[NH+](Cc2cc(=O)oc3cc4c(cc23)CCCC4)C[C@@H](C)O1. The lowest BCUT2D eigenvalue weighted by molar-refractivity contribution is -0.928. The number of benzene rings is 1. The Hall–Kier alpha value is -1.65. The van der Waals surface area contributed by atoms with Gasteiger partial charge in [-0.15, -0.1) is 0 Å². The zero-order chi connectivity index (χ0) is 16.7. The van der Waals surface area contributed by atoms with Crippen LogP contribution in [0.4, 0.5) is 0 Å². The van der Waals surface area contributed by atoms with Crippen LogP contribution in [0, 0.1) is 0 Å². The van der Waals surface area contributed by atoms with Crippen LogP contribution in [0.15, 0.2) is 27.4 Å². The van der Waals surface area contributed by atoms with Crippen LogP contribution < -0.4 is 10.5 Å². The molecule has 0 saturated carbocycles. The maximum absolute atomic E-state index is 12.0. The Morgan fingerprint density at radius 2 is 1.71 bits per heavy atom. The lowest BCUT2D eigenvalue weighted by Gasteiger charge is -2.32. The Bertz CT molecular complexity index is 800. The van der Waals surface area contributed by atoms with Crippen molar-refractivity contribution < 1.29 is 14.1 Å². The van der Waals surface area contributed by atoms with Crippen molar-refractivity contribution in [1.29, 1.82) is 0 Å². The lowest BCUT2D eigenvalue weighted by atomic mass is 9.90. The fourth-order valence-corrected chi connectivity index (χ4v) is 4.41. The third kappa shape index (κ3) is 3.13. The Kier molecular flexibility index (Phi) is 4.19. The molecule has 0 spiro atoms. The van der Waals surface area contributed by atoms with Gasteiger partial charge >= 0.3 is 5.63 Å². The molecule has 0 radical (unpaired) electrons. The van der Waals surface area contributed by atoms with Crippen LogP contribution in [0.2, 0.25) is 0 Å². The van der Waals surface area contributed by atoms with Gasteiger partial charge in [-0.25, -0.2) is 4.79 Å². The number of hydrogen-bond acceptors (Lipinski definition) is 3. The normalized spacial score (nSPS) is 27.2. The van der Waals surface area contributed by atoms with Gasteiger partial charge < -0.3 is 14.1 Å². The molecule has 1 aliphatic heterocycles. The summed E-state index contributed by atoms with van der Waals surface area (Å²) in [5.74, 6) is 0. The zero-order valence-corrected chi connectivity index (χ0v) is 14.6. The smallest absolute Gasteiger partial charge is 0.336 e. The van der Waals surface area contributed by atoms with Crippen LogP contribution in [0.1, 0.15) is 43.4 Å². The molecule has 0 bridgehead atoms. The number of aryl methyl sites for hydroxylation is 2. The average molecular weight is 328 g/mol. The predicted molar refractivity (Wildman–Crippen MR) is 93.5 cm³/mol. The van der Waals surface area contributed by atoms with Gasteiger partial charge in [-0.05, 0) is 62.8 Å². The molecule has 1 aliphatic carbocycles. The first kappa shape index (κ1) is 15.9. The van der Waals surface area contributed by atoms with Crippen molar-refractivity contribution in [1.82, 2.24) is 0 Å². The zero-order valence-electron chi connectivity index (χ0n) is 14.6. The molecule has 2 aromatic rings. The van der Waals surface area contributed by atoms with Crippen molar-refractivity contribution in [2.24, 2.45) is 0 Å². The van der Waals surface area contributed by atoms with Crippen molar-refractivity contribution >= 4 is 11.0 Å². The van der Waals surface area contributed by atoms with Crippen molar-refractivity contribution in [2.45, 2.75) is 58.3 Å². The van der Waals surface area contributed by atoms with E-state index in [2.05, 4.69) is 26.0 Å². The van der Waals surface area contributed by atoms with Crippen LogP contribution in [0.5, 0.6) is 0 Å². The number of quaternary nitrogens is 1. The van der Waals surface area contributed by atoms with Crippen LogP contribution in [0.25, 0.3) is 11.0 Å². The summed E-state index contributed by atoms with van der Waals surface area (Å²) < 4.78 is 11.3. The minimum absolute atomic E-state index is 0.234. The molecule has 1 fully saturated rings. The second-order valence-electron chi connectivity index (χ2n) is 7.51. The molecule has 0 amide bonds. The summed E-state index contributed by atoms with van der Waals surface area (Å²) in [4.78, 5) is 13.5. The Labute approximate surface area is 142 Å². The molecule has 128 valence electrons. The molecule has 2 heterocycles. The number of hydrogen-bond donors (Lipinski definition) is 1. The topological polar surface area (TPSA) is 43.9 Å². The maximum atomic E-state index is 12.0. The summed E-state index contributed by atoms with van der Waals surface area (Å²) in [6.45, 7) is 7.08. The highest BCUT2D eigenvalue weighted by Gasteiger charge is 2.26. The first-order valence-electron chi connectivity index (χ1n) is 9.16. The number of fused-ring (bicyclic) bond motifs is 2. The van der Waals surface area contributed by atoms with E-state index in [1.807, 2.05) is 0 Å². The molecule has 0 unspecified atom stereocenters. The van der Waals surface area contributed by atoms with Crippen LogP contribution in [-0.2, 0) is 24.1 Å². The molecular weight excluding hydrogens is 302 g/mol. The van der Waals surface area contributed by atoms with Gasteiger partial charge in [0.1, 0.15) is 37.4 Å². The first-order valence-corrected chi connectivity index (χ1v) is 9.16. The highest BCUT2D eigenvalue weighted by molar-refractivity contribution is 5.82. The molecule has 2 aliphatic rings. The molecule has 2 atom stereocenters. The molecular formula is C20H26NO3+. The van der Waals surface area contributed by atoms with Crippen molar-refractivity contribution in [3.8, 4) is 0 Å². The minimum Gasteiger partial charge on any atom is -0.423 e. The van der Waals surface area contributed by atoms with Gasteiger partial charge in [0.25, 0.3) is 0 Å². The summed E-state index contributed by atoms with van der Waals surface area (Å²) in [6, 6.07) is 6.07. The van der Waals surface area contributed by atoms with Gasteiger partial charge in [0, 0.05) is 17.0 Å². The highest BCUT2D eigenvalue weighted by Crippen LogP contribution is 2.27. The highest BCUT2D eigenvalue weighted by atomic mass is 16.5. The van der Waals surface area contributed by atoms with Gasteiger partial charge in [-0.2, -0.15) is 0 Å². The first-order chi connectivity index (χ1) is 11.6. The van der Waals surface area contributed by atoms with Gasteiger partial charge in [-0.3, -0.25) is 0 Å². The van der Waals surface area contributed by atoms with Crippen LogP contribution in [0.3, 0.4) is 0 Å². The third-order valence-electron chi connectivity index (χ3n) is 5.35. The molecule has 4 nitrogen and oxygen atoms in total. The molecule has 24 heavy (non-hydrogen) atoms. The molecule has 4 rings (SSSR count).